The van der Waals surface area contributed by atoms with Gasteiger partial charge in [-0.25, -0.2) is 4.79 Å². The van der Waals surface area contributed by atoms with Crippen LogP contribution in [-0.2, 0) is 17.8 Å². The van der Waals surface area contributed by atoms with Crippen LogP contribution >= 0.6 is 0 Å². The van der Waals surface area contributed by atoms with Crippen molar-refractivity contribution in [1.29, 1.82) is 0 Å². The van der Waals surface area contributed by atoms with Gasteiger partial charge < -0.3 is 15.3 Å². The number of hydrogen-bond acceptors (Lipinski definition) is 4. The molecule has 140 valence electrons. The molecular weight excluding hydrogens is 320 g/mol. The molecule has 0 bridgehead atoms. The van der Waals surface area contributed by atoms with E-state index in [0.717, 1.165) is 25.2 Å². The van der Waals surface area contributed by atoms with Gasteiger partial charge in [-0.2, -0.15) is 0 Å². The molecule has 0 radical (unpaired) electrons. The molecule has 1 aliphatic heterocycles. The number of aromatic nitrogens is 1. The summed E-state index contributed by atoms with van der Waals surface area (Å²) in [7, 11) is 1.81. The Morgan fingerprint density at radius 1 is 1.44 bits per heavy atom. The lowest BCUT2D eigenvalue weighted by molar-refractivity contribution is -0.122. The zero-order chi connectivity index (χ0) is 18.7. The zero-order valence-corrected chi connectivity index (χ0v) is 15.4. The van der Waals surface area contributed by atoms with E-state index in [0.29, 0.717) is 19.1 Å². The number of amides is 2. The second kappa shape index (κ2) is 11.4. The number of carboxylic acid groups (broad SMARTS) is 1. The first kappa shape index (κ1) is 20.9. The van der Waals surface area contributed by atoms with Crippen LogP contribution in [0.25, 0.3) is 0 Å². The number of rotatable bonds is 6. The Labute approximate surface area is 150 Å². The first-order valence-corrected chi connectivity index (χ1v) is 8.76. The molecule has 2 amide bonds. The number of urea groups is 1. The van der Waals surface area contributed by atoms with E-state index in [9.17, 15) is 4.79 Å². The summed E-state index contributed by atoms with van der Waals surface area (Å²) in [4.78, 5) is 29.0. The highest BCUT2D eigenvalue weighted by molar-refractivity contribution is 5.73. The van der Waals surface area contributed by atoms with E-state index in [1.165, 1.54) is 18.4 Å². The summed E-state index contributed by atoms with van der Waals surface area (Å²) >= 11 is 0. The van der Waals surface area contributed by atoms with Crippen molar-refractivity contribution in [3.63, 3.8) is 0 Å². The Kier molecular flexibility index (Phi) is 9.54. The molecule has 2 N–H and O–H groups in total. The molecule has 0 spiro atoms. The van der Waals surface area contributed by atoms with Gasteiger partial charge in [0.2, 0.25) is 0 Å². The number of aryl methyl sites for hydroxylation is 1. The average Bonchev–Trinajstić information content (AvgIpc) is 3.15. The highest BCUT2D eigenvalue weighted by Gasteiger charge is 2.19. The van der Waals surface area contributed by atoms with Crippen LogP contribution in [0.15, 0.2) is 18.3 Å². The average molecular weight is 350 g/mol. The molecule has 2 rings (SSSR count). The fourth-order valence-electron chi connectivity index (χ4n) is 2.75. The lowest BCUT2D eigenvalue weighted by atomic mass is 10.2. The number of nitrogens with zero attached hydrogens (tertiary/aromatic N) is 3. The minimum absolute atomic E-state index is 0.0348. The third-order valence-electron chi connectivity index (χ3n) is 4.35. The van der Waals surface area contributed by atoms with Crippen molar-refractivity contribution in [1.82, 2.24) is 20.1 Å². The fourth-order valence-corrected chi connectivity index (χ4v) is 2.75. The lowest BCUT2D eigenvalue weighted by Crippen LogP contribution is -2.44. The maximum absolute atomic E-state index is 12.2. The number of pyridine rings is 1. The molecule has 1 atom stereocenters. The van der Waals surface area contributed by atoms with Crippen molar-refractivity contribution in [2.45, 2.75) is 45.7 Å². The zero-order valence-electron chi connectivity index (χ0n) is 15.4. The van der Waals surface area contributed by atoms with E-state index in [2.05, 4.69) is 35.1 Å². The van der Waals surface area contributed by atoms with Gasteiger partial charge in [0.15, 0.2) is 0 Å². The van der Waals surface area contributed by atoms with Crippen LogP contribution in [0.3, 0.4) is 0 Å². The molecule has 7 heteroatoms. The Balaban J connectivity index is 0.000000970. The molecule has 2 heterocycles. The fraction of sp³-hybridized carbons (Fsp3) is 0.611. The van der Waals surface area contributed by atoms with E-state index < -0.39 is 0 Å². The molecule has 0 aliphatic carbocycles. The van der Waals surface area contributed by atoms with Crippen LogP contribution in [0.5, 0.6) is 0 Å². The van der Waals surface area contributed by atoms with Crippen LogP contribution in [0.1, 0.15) is 37.9 Å². The largest absolute Gasteiger partial charge is 0.483 e. The highest BCUT2D eigenvalue weighted by Crippen LogP contribution is 2.11. The Hall–Kier alpha value is -2.15. The summed E-state index contributed by atoms with van der Waals surface area (Å²) in [5, 5.41) is 9.91. The van der Waals surface area contributed by atoms with Gasteiger partial charge in [-0.1, -0.05) is 13.0 Å². The molecule has 0 saturated carbocycles. The molecule has 1 unspecified atom stereocenters. The normalized spacial score (nSPS) is 15.0. The summed E-state index contributed by atoms with van der Waals surface area (Å²) in [6, 6.07) is 4.44. The van der Waals surface area contributed by atoms with E-state index >= 15 is 0 Å². The second-order valence-corrected chi connectivity index (χ2v) is 6.25. The molecular formula is C18H30N4O3. The van der Waals surface area contributed by atoms with Crippen LogP contribution in [0, 0.1) is 0 Å². The SMILES string of the molecule is CCc1ccc(CN(C)C(=O)NCC(C)N2CCCC2)nc1.O=CO. The van der Waals surface area contributed by atoms with Gasteiger partial charge in [0, 0.05) is 25.8 Å². The molecule has 25 heavy (non-hydrogen) atoms. The lowest BCUT2D eigenvalue weighted by Gasteiger charge is -2.25. The van der Waals surface area contributed by atoms with Gasteiger partial charge in [0.1, 0.15) is 0 Å². The molecule has 1 fully saturated rings. The topological polar surface area (TPSA) is 85.8 Å². The van der Waals surface area contributed by atoms with Crippen LogP contribution in [-0.4, -0.2) is 65.1 Å². The van der Waals surface area contributed by atoms with Crippen molar-refractivity contribution in [3.05, 3.63) is 29.6 Å². The van der Waals surface area contributed by atoms with Crippen LogP contribution < -0.4 is 5.32 Å². The smallest absolute Gasteiger partial charge is 0.317 e. The van der Waals surface area contributed by atoms with E-state index in [-0.39, 0.29) is 12.5 Å². The van der Waals surface area contributed by atoms with Crippen molar-refractivity contribution in [3.8, 4) is 0 Å². The maximum atomic E-state index is 12.2. The summed E-state index contributed by atoms with van der Waals surface area (Å²) < 4.78 is 0. The van der Waals surface area contributed by atoms with Crippen molar-refractivity contribution < 1.29 is 14.7 Å². The molecule has 1 saturated heterocycles. The summed E-state index contributed by atoms with van der Waals surface area (Å²) in [6.07, 6.45) is 5.42. The molecule has 1 aromatic heterocycles. The first-order chi connectivity index (χ1) is 12.0. The summed E-state index contributed by atoms with van der Waals surface area (Å²) in [5.74, 6) is 0. The number of carbonyl (C=O) groups is 2. The standard InChI is InChI=1S/C17H28N4O.CH2O2/c1-4-15-7-8-16(18-12-15)13-20(3)17(22)19-11-14(2)21-9-5-6-10-21;2-1-3/h7-8,12,14H,4-6,9-11,13H2,1-3H3,(H,19,22);1H,(H,2,3). The van der Waals surface area contributed by atoms with Gasteiger partial charge in [-0.15, -0.1) is 0 Å². The third-order valence-corrected chi connectivity index (χ3v) is 4.35. The van der Waals surface area contributed by atoms with Crippen molar-refractivity contribution >= 4 is 12.5 Å². The summed E-state index contributed by atoms with van der Waals surface area (Å²) in [5.41, 5.74) is 2.14. The molecule has 1 aliphatic rings. The Morgan fingerprint density at radius 2 is 2.08 bits per heavy atom. The predicted molar refractivity (Wildman–Crippen MR) is 97.4 cm³/mol. The Bertz CT molecular complexity index is 516. The number of nitrogens with one attached hydrogen (secondary N) is 1. The number of likely N-dealkylation sites (tertiary alicyclic amines) is 1. The Morgan fingerprint density at radius 3 is 2.60 bits per heavy atom. The molecule has 1 aromatic rings. The minimum atomic E-state index is -0.250. The monoisotopic (exact) mass is 350 g/mol. The van der Waals surface area contributed by atoms with E-state index in [1.54, 1.807) is 4.90 Å². The van der Waals surface area contributed by atoms with Crippen LogP contribution in [0.4, 0.5) is 4.79 Å². The van der Waals surface area contributed by atoms with Crippen molar-refractivity contribution in [2.75, 3.05) is 26.7 Å². The minimum Gasteiger partial charge on any atom is -0.483 e. The van der Waals surface area contributed by atoms with Gasteiger partial charge in [0.25, 0.3) is 6.47 Å². The van der Waals surface area contributed by atoms with Gasteiger partial charge >= 0.3 is 6.03 Å². The molecule has 7 nitrogen and oxygen atoms in total. The quantitative estimate of drug-likeness (QED) is 0.766. The summed E-state index contributed by atoms with van der Waals surface area (Å²) in [6.45, 7) is 7.58. The van der Waals surface area contributed by atoms with E-state index in [1.807, 2.05) is 19.3 Å². The highest BCUT2D eigenvalue weighted by atomic mass is 16.3. The predicted octanol–water partition coefficient (Wildman–Crippen LogP) is 1.97. The van der Waals surface area contributed by atoms with E-state index in [4.69, 9.17) is 9.90 Å². The number of hydrogen-bond donors (Lipinski definition) is 2. The van der Waals surface area contributed by atoms with Gasteiger partial charge in [-0.3, -0.25) is 14.7 Å². The molecule has 0 aromatic carbocycles. The van der Waals surface area contributed by atoms with Crippen LogP contribution in [0.2, 0.25) is 0 Å². The van der Waals surface area contributed by atoms with Crippen molar-refractivity contribution in [2.24, 2.45) is 0 Å². The maximum Gasteiger partial charge on any atom is 0.317 e. The first-order valence-electron chi connectivity index (χ1n) is 8.76. The second-order valence-electron chi connectivity index (χ2n) is 6.25. The van der Waals surface area contributed by atoms with Gasteiger partial charge in [0.05, 0.1) is 12.2 Å². The number of carbonyl (C=O) groups excluding carboxylic acids is 1. The third kappa shape index (κ3) is 7.51. The van der Waals surface area contributed by atoms with Gasteiger partial charge in [-0.05, 0) is 50.9 Å².